The number of carbonyl (C=O) groups is 2. The van der Waals surface area contributed by atoms with Crippen LogP contribution in [0.2, 0.25) is 0 Å². The highest BCUT2D eigenvalue weighted by molar-refractivity contribution is 5.91. The lowest BCUT2D eigenvalue weighted by Gasteiger charge is -2.28. The molecule has 4 rings (SSSR count). The second kappa shape index (κ2) is 11.6. The minimum Gasteiger partial charge on any atom is -0.394 e. The van der Waals surface area contributed by atoms with E-state index >= 15 is 0 Å². The van der Waals surface area contributed by atoms with E-state index in [1.165, 1.54) is 4.90 Å². The Hall–Kier alpha value is -3.68. The molecule has 1 fully saturated rings. The second-order valence-corrected chi connectivity index (χ2v) is 8.78. The number of hydrogen-bond acceptors (Lipinski definition) is 4. The average molecular weight is 474 g/mol. The first-order valence-corrected chi connectivity index (χ1v) is 11.8. The fourth-order valence-electron chi connectivity index (χ4n) is 4.58. The van der Waals surface area contributed by atoms with E-state index in [2.05, 4.69) is 5.32 Å². The van der Waals surface area contributed by atoms with Crippen molar-refractivity contribution in [1.82, 2.24) is 15.1 Å². The Morgan fingerprint density at radius 3 is 1.74 bits per heavy atom. The number of nitrogens with one attached hydrogen (secondary N) is 1. The van der Waals surface area contributed by atoms with Gasteiger partial charge in [-0.1, -0.05) is 91.0 Å². The van der Waals surface area contributed by atoms with Gasteiger partial charge < -0.3 is 25.3 Å². The standard InChI is InChI=1S/C28H31N3O4/c32-19-24(16-21-10-4-1-5-11-21)29-27(34)26-25(20-33)30(17-22-12-6-2-7-13-22)28(35)31(26)18-23-14-8-3-9-15-23/h1-15,24-26,32-33H,16-20H2,(H,29,34)/t24-,25?,26?/m0/s1. The summed E-state index contributed by atoms with van der Waals surface area (Å²) in [6, 6.07) is 26.2. The van der Waals surface area contributed by atoms with Crippen molar-refractivity contribution in [1.29, 1.82) is 0 Å². The van der Waals surface area contributed by atoms with Crippen LogP contribution in [0.4, 0.5) is 4.79 Å². The molecule has 35 heavy (non-hydrogen) atoms. The molecule has 0 bridgehead atoms. The summed E-state index contributed by atoms with van der Waals surface area (Å²) >= 11 is 0. The predicted octanol–water partition coefficient (Wildman–Crippen LogP) is 2.57. The number of carbonyl (C=O) groups excluding carboxylic acids is 2. The largest absolute Gasteiger partial charge is 0.394 e. The van der Waals surface area contributed by atoms with Gasteiger partial charge >= 0.3 is 6.03 Å². The Morgan fingerprint density at radius 2 is 1.26 bits per heavy atom. The molecular weight excluding hydrogens is 442 g/mol. The van der Waals surface area contributed by atoms with Gasteiger partial charge in [0.25, 0.3) is 0 Å². The van der Waals surface area contributed by atoms with Crippen LogP contribution in [0.25, 0.3) is 0 Å². The van der Waals surface area contributed by atoms with E-state index in [1.54, 1.807) is 4.90 Å². The highest BCUT2D eigenvalue weighted by Crippen LogP contribution is 2.27. The molecule has 0 aliphatic carbocycles. The van der Waals surface area contributed by atoms with E-state index in [9.17, 15) is 19.8 Å². The van der Waals surface area contributed by atoms with Crippen LogP contribution in [-0.2, 0) is 24.3 Å². The van der Waals surface area contributed by atoms with Gasteiger partial charge in [0.2, 0.25) is 5.91 Å². The number of aliphatic hydroxyl groups excluding tert-OH is 2. The van der Waals surface area contributed by atoms with Gasteiger partial charge in [-0.2, -0.15) is 0 Å². The molecule has 1 heterocycles. The topological polar surface area (TPSA) is 93.1 Å². The van der Waals surface area contributed by atoms with Crippen molar-refractivity contribution in [3.8, 4) is 0 Å². The molecule has 7 nitrogen and oxygen atoms in total. The molecule has 3 amide bonds. The lowest BCUT2D eigenvalue weighted by Crippen LogP contribution is -2.53. The number of rotatable bonds is 10. The molecule has 1 aliphatic heterocycles. The molecule has 0 aromatic heterocycles. The van der Waals surface area contributed by atoms with Crippen molar-refractivity contribution >= 4 is 11.9 Å². The maximum Gasteiger partial charge on any atom is 0.321 e. The molecule has 0 radical (unpaired) electrons. The quantitative estimate of drug-likeness (QED) is 0.422. The summed E-state index contributed by atoms with van der Waals surface area (Å²) in [6.45, 7) is -0.0720. The summed E-state index contributed by atoms with van der Waals surface area (Å²) in [5.74, 6) is -0.390. The Morgan fingerprint density at radius 1 is 0.771 bits per heavy atom. The van der Waals surface area contributed by atoms with Crippen molar-refractivity contribution < 1.29 is 19.8 Å². The van der Waals surface area contributed by atoms with E-state index in [0.29, 0.717) is 6.42 Å². The predicted molar refractivity (Wildman–Crippen MR) is 133 cm³/mol. The molecule has 3 atom stereocenters. The highest BCUT2D eigenvalue weighted by Gasteiger charge is 2.49. The van der Waals surface area contributed by atoms with E-state index < -0.39 is 18.1 Å². The third-order valence-corrected chi connectivity index (χ3v) is 6.33. The summed E-state index contributed by atoms with van der Waals surface area (Å²) in [6.07, 6.45) is 0.458. The number of nitrogens with zero attached hydrogens (tertiary/aromatic N) is 2. The van der Waals surface area contributed by atoms with E-state index in [0.717, 1.165) is 16.7 Å². The lowest BCUT2D eigenvalue weighted by molar-refractivity contribution is -0.127. The normalized spacial score (nSPS) is 18.5. The lowest BCUT2D eigenvalue weighted by atomic mass is 10.0. The minimum absolute atomic E-state index is 0.238. The smallest absolute Gasteiger partial charge is 0.321 e. The third kappa shape index (κ3) is 5.88. The Kier molecular flexibility index (Phi) is 8.13. The van der Waals surface area contributed by atoms with Gasteiger partial charge in [0.05, 0.1) is 25.3 Å². The van der Waals surface area contributed by atoms with Gasteiger partial charge in [0.15, 0.2) is 0 Å². The number of hydrogen-bond donors (Lipinski definition) is 3. The summed E-state index contributed by atoms with van der Waals surface area (Å²) in [4.78, 5) is 30.2. The van der Waals surface area contributed by atoms with Crippen LogP contribution < -0.4 is 5.32 Å². The van der Waals surface area contributed by atoms with Gasteiger partial charge in [-0.25, -0.2) is 4.79 Å². The minimum atomic E-state index is -0.902. The Labute approximate surface area is 205 Å². The molecule has 3 aromatic rings. The van der Waals surface area contributed by atoms with Crippen LogP contribution in [0.15, 0.2) is 91.0 Å². The summed E-state index contributed by atoms with van der Waals surface area (Å²) in [5, 5.41) is 23.2. The number of aliphatic hydroxyl groups is 2. The average Bonchev–Trinajstić information content (AvgIpc) is 3.15. The number of amides is 3. The van der Waals surface area contributed by atoms with E-state index in [-0.39, 0.29) is 38.2 Å². The van der Waals surface area contributed by atoms with Gasteiger partial charge in [-0.15, -0.1) is 0 Å². The monoisotopic (exact) mass is 473 g/mol. The van der Waals surface area contributed by atoms with Gasteiger partial charge in [0.1, 0.15) is 6.04 Å². The number of urea groups is 1. The van der Waals surface area contributed by atoms with Crippen LogP contribution >= 0.6 is 0 Å². The van der Waals surface area contributed by atoms with Crippen molar-refractivity contribution in [3.63, 3.8) is 0 Å². The van der Waals surface area contributed by atoms with Crippen LogP contribution in [0.3, 0.4) is 0 Å². The second-order valence-electron chi connectivity index (χ2n) is 8.78. The Bertz CT molecular complexity index is 1090. The maximum absolute atomic E-state index is 13.6. The van der Waals surface area contributed by atoms with Crippen LogP contribution in [0.5, 0.6) is 0 Å². The molecule has 0 spiro atoms. The SMILES string of the molecule is O=C(N[C@H](CO)Cc1ccccc1)C1C(CO)N(Cc2ccccc2)C(=O)N1Cc1ccccc1. The van der Waals surface area contributed by atoms with Crippen molar-refractivity contribution in [3.05, 3.63) is 108 Å². The molecule has 3 aromatic carbocycles. The first-order chi connectivity index (χ1) is 17.1. The molecule has 3 N–H and O–H groups in total. The van der Waals surface area contributed by atoms with Crippen molar-refractivity contribution in [2.45, 2.75) is 37.6 Å². The van der Waals surface area contributed by atoms with Crippen LogP contribution in [0.1, 0.15) is 16.7 Å². The highest BCUT2D eigenvalue weighted by atomic mass is 16.3. The van der Waals surface area contributed by atoms with Gasteiger partial charge in [0, 0.05) is 13.1 Å². The molecule has 182 valence electrons. The van der Waals surface area contributed by atoms with Gasteiger partial charge in [-0.3, -0.25) is 4.79 Å². The van der Waals surface area contributed by atoms with E-state index in [1.807, 2.05) is 91.0 Å². The zero-order chi connectivity index (χ0) is 24.6. The van der Waals surface area contributed by atoms with E-state index in [4.69, 9.17) is 0 Å². The fraction of sp³-hybridized carbons (Fsp3) is 0.286. The molecule has 2 unspecified atom stereocenters. The van der Waals surface area contributed by atoms with Crippen molar-refractivity contribution in [2.75, 3.05) is 13.2 Å². The van der Waals surface area contributed by atoms with Gasteiger partial charge in [-0.05, 0) is 23.1 Å². The first-order valence-electron chi connectivity index (χ1n) is 11.8. The summed E-state index contributed by atoms with van der Waals surface area (Å²) in [7, 11) is 0. The molecule has 0 saturated carbocycles. The number of benzene rings is 3. The Balaban J connectivity index is 1.59. The summed E-state index contributed by atoms with van der Waals surface area (Å²) in [5.41, 5.74) is 2.79. The molecule has 7 heteroatoms. The van der Waals surface area contributed by atoms with Crippen LogP contribution in [0, 0.1) is 0 Å². The fourth-order valence-corrected chi connectivity index (χ4v) is 4.58. The maximum atomic E-state index is 13.6. The molecular formula is C28H31N3O4. The summed E-state index contributed by atoms with van der Waals surface area (Å²) < 4.78 is 0. The molecule has 1 aliphatic rings. The van der Waals surface area contributed by atoms with Crippen LogP contribution in [-0.4, -0.2) is 63.3 Å². The van der Waals surface area contributed by atoms with Crippen molar-refractivity contribution in [2.24, 2.45) is 0 Å². The molecule has 1 saturated heterocycles. The zero-order valence-electron chi connectivity index (χ0n) is 19.5. The third-order valence-electron chi connectivity index (χ3n) is 6.33. The first kappa shape index (κ1) is 24.4. The zero-order valence-corrected chi connectivity index (χ0v) is 19.5.